The second kappa shape index (κ2) is 58.6. The van der Waals surface area contributed by atoms with Crippen molar-refractivity contribution in [1.82, 2.24) is 38.6 Å². The zero-order valence-electron chi connectivity index (χ0n) is 59.0. The molecular weight excluding hydrogens is 1290 g/mol. The number of aromatic nitrogens is 8. The highest BCUT2D eigenvalue weighted by atomic mass is 31.2. The molecule has 4 aromatic heterocycles. The second-order valence-electron chi connectivity index (χ2n) is 24.2. The molecule has 2 unspecified atom stereocenters. The largest absolute Gasteiger partial charge is 0.394 e. The smallest absolute Gasteiger partial charge is 0.353 e. The first-order valence-electron chi connectivity index (χ1n) is 35.6. The summed E-state index contributed by atoms with van der Waals surface area (Å²) in [5.41, 5.74) is 19.5. The third-order valence-corrected chi connectivity index (χ3v) is 17.5. The zero-order chi connectivity index (χ0) is 71.6. The summed E-state index contributed by atoms with van der Waals surface area (Å²) in [5, 5.41) is 18.7. The van der Waals surface area contributed by atoms with Gasteiger partial charge in [0.15, 0.2) is 0 Å². The highest BCUT2D eigenvalue weighted by molar-refractivity contribution is 7.52. The van der Waals surface area contributed by atoms with Crippen LogP contribution in [0.25, 0.3) is 0 Å². The summed E-state index contributed by atoms with van der Waals surface area (Å²) < 4.78 is 60.6. The molecule has 0 spiro atoms. The van der Waals surface area contributed by atoms with Gasteiger partial charge in [-0.1, -0.05) is 195 Å². The van der Waals surface area contributed by atoms with Crippen LogP contribution in [0.1, 0.15) is 233 Å². The number of nitrogens with two attached hydrogens (primary N) is 4. The Bertz CT molecular complexity index is 2780. The van der Waals surface area contributed by atoms with E-state index in [-0.39, 0.29) is 50.3 Å². The molecule has 0 aliphatic heterocycles. The standard InChI is InChI=1S/C28H54N3O6P.C27H52N3O7P.C8H13N3O2.C4H5N3O/c1-3-5-6-7-8-9-10-11-12-13-14-15-16-17-21-35-22-18-23-37-38(33,34)25-36-26(4-2)24-31-20-19-27(29)30-28(31)32;1-2-3-4-5-6-7-8-9-10-11-12-13-14-15-19-35-20-16-21-37-38(33,34)24-36-25(23-31)22-30-18-17-26(28)29-27(30)32;1-2-6(12)5-11-4-3-7(9)10-8(11)13;5-3-1-2-6-4(8)7-3/h19-20,26H,3-18,21-25H2,1-2H3,(H,33,34)(H2,29,30,32);17-18,25,31H,2-16,19-24H2,1H3,(H,33,34)(H2,28,29,32);3-4,6,12H,2,5H2,1H3,(H2,9,10,13);1-2H,(H3,5,6,7,8)/t26-;25-;6-;/m101./s1. The van der Waals surface area contributed by atoms with Crippen LogP contribution in [0.4, 0.5) is 23.3 Å². The van der Waals surface area contributed by atoms with Crippen molar-refractivity contribution < 1.29 is 57.1 Å². The lowest BCUT2D eigenvalue weighted by Gasteiger charge is -2.19. The van der Waals surface area contributed by atoms with Crippen LogP contribution in [0.15, 0.2) is 68.2 Å². The summed E-state index contributed by atoms with van der Waals surface area (Å²) in [5.74, 6) is 0.777. The van der Waals surface area contributed by atoms with Crippen LogP contribution in [0, 0.1) is 0 Å². The van der Waals surface area contributed by atoms with Gasteiger partial charge in [-0.3, -0.25) is 27.8 Å². The number of hydrogen-bond acceptors (Lipinski definition) is 22. The predicted octanol–water partition coefficient (Wildman–Crippen LogP) is 10.9. The number of nitrogens with one attached hydrogen (secondary N) is 1. The Hall–Kier alpha value is -5.22. The van der Waals surface area contributed by atoms with Gasteiger partial charge in [-0.25, -0.2) is 24.2 Å². The van der Waals surface area contributed by atoms with Crippen molar-refractivity contribution in [3.8, 4) is 0 Å². The van der Waals surface area contributed by atoms with E-state index < -0.39 is 75.6 Å². The molecule has 0 aliphatic rings. The predicted molar refractivity (Wildman–Crippen MR) is 384 cm³/mol. The highest BCUT2D eigenvalue weighted by Crippen LogP contribution is 2.43. The van der Waals surface area contributed by atoms with E-state index >= 15 is 0 Å². The Labute approximate surface area is 575 Å². The lowest BCUT2D eigenvalue weighted by molar-refractivity contribution is 0.0162. The van der Waals surface area contributed by atoms with Gasteiger partial charge in [-0.05, 0) is 62.8 Å². The van der Waals surface area contributed by atoms with E-state index in [0.29, 0.717) is 51.3 Å². The number of ether oxygens (including phenoxy) is 4. The minimum Gasteiger partial charge on any atom is -0.394 e. The number of aliphatic hydroxyl groups excluding tert-OH is 2. The quantitative estimate of drug-likeness (QED) is 0.0146. The molecule has 0 amide bonds. The summed E-state index contributed by atoms with van der Waals surface area (Å²) in [4.78, 5) is 81.4. The summed E-state index contributed by atoms with van der Waals surface area (Å²) in [6.07, 6.45) is 42.4. The lowest BCUT2D eigenvalue weighted by Crippen LogP contribution is -2.32. The van der Waals surface area contributed by atoms with Gasteiger partial charge < -0.3 is 70.9 Å². The van der Waals surface area contributed by atoms with E-state index in [1.54, 1.807) is 0 Å². The van der Waals surface area contributed by atoms with Gasteiger partial charge in [0, 0.05) is 51.2 Å². The number of nitrogen functional groups attached to an aromatic ring is 4. The molecule has 13 N–H and O–H groups in total. The molecular formula is C67H124N12O16P2. The third kappa shape index (κ3) is 51.6. The van der Waals surface area contributed by atoms with Gasteiger partial charge in [0.1, 0.15) is 36.0 Å². The maximum absolute atomic E-state index is 12.3. The zero-order valence-corrected chi connectivity index (χ0v) is 60.8. The molecule has 30 heteroatoms. The number of aromatic amines is 1. The highest BCUT2D eigenvalue weighted by Gasteiger charge is 2.24. The molecule has 4 rings (SSSR count). The second-order valence-corrected chi connectivity index (χ2v) is 27.8. The molecule has 4 heterocycles. The topological polar surface area (TPSA) is 425 Å². The number of anilines is 4. The molecule has 0 aliphatic carbocycles. The average Bonchev–Trinajstić information content (AvgIpc) is 0.989. The van der Waals surface area contributed by atoms with Gasteiger partial charge in [0.05, 0.1) is 57.8 Å². The lowest BCUT2D eigenvalue weighted by atomic mass is 10.0. The van der Waals surface area contributed by atoms with Crippen LogP contribution in [0.2, 0.25) is 0 Å². The molecule has 0 radical (unpaired) electrons. The molecule has 28 nitrogen and oxygen atoms in total. The Balaban J connectivity index is 0.000000743. The maximum Gasteiger partial charge on any atom is 0.353 e. The fourth-order valence-electron chi connectivity index (χ4n) is 9.59. The van der Waals surface area contributed by atoms with Crippen LogP contribution in [-0.2, 0) is 56.8 Å². The van der Waals surface area contributed by atoms with E-state index in [9.17, 15) is 48.3 Å². The average molecular weight is 1420 g/mol. The van der Waals surface area contributed by atoms with Crippen LogP contribution in [0.3, 0.4) is 0 Å². The normalized spacial score (nSPS) is 13.4. The molecule has 0 saturated heterocycles. The van der Waals surface area contributed by atoms with Gasteiger partial charge in [0.2, 0.25) is 0 Å². The van der Waals surface area contributed by atoms with Crippen molar-refractivity contribution in [2.24, 2.45) is 0 Å². The Kier molecular flexibility index (Phi) is 54.2. The van der Waals surface area contributed by atoms with Crippen LogP contribution in [0.5, 0.6) is 0 Å². The molecule has 97 heavy (non-hydrogen) atoms. The summed E-state index contributed by atoms with van der Waals surface area (Å²) in [6.45, 7) is 10.8. The number of rotatable bonds is 55. The number of nitrogens with zero attached hydrogens (tertiary/aromatic N) is 7. The number of aliphatic hydroxyl groups is 2. The van der Waals surface area contributed by atoms with Crippen molar-refractivity contribution >= 4 is 38.5 Å². The monoisotopic (exact) mass is 1410 g/mol. The molecule has 0 bridgehead atoms. The molecule has 5 atom stereocenters. The first-order chi connectivity index (χ1) is 46.7. The van der Waals surface area contributed by atoms with Crippen LogP contribution >= 0.6 is 15.2 Å². The van der Waals surface area contributed by atoms with E-state index in [1.165, 1.54) is 230 Å². The van der Waals surface area contributed by atoms with Crippen molar-refractivity contribution in [2.45, 2.75) is 271 Å². The van der Waals surface area contributed by atoms with E-state index in [4.69, 9.17) is 50.9 Å². The van der Waals surface area contributed by atoms with Crippen molar-refractivity contribution in [3.63, 3.8) is 0 Å². The number of H-pyrrole nitrogens is 1. The minimum absolute atomic E-state index is 0.0320. The number of unbranched alkanes of at least 4 members (excludes halogenated alkanes) is 26. The van der Waals surface area contributed by atoms with Gasteiger partial charge in [0.25, 0.3) is 0 Å². The molecule has 558 valence electrons. The first-order valence-corrected chi connectivity index (χ1v) is 39.1. The number of hydrogen-bond donors (Lipinski definition) is 9. The van der Waals surface area contributed by atoms with Crippen LogP contribution in [-0.4, -0.2) is 136 Å². The SMILES string of the molecule is CCCCCCCCCCCCCCCCOCCCOP(=O)(O)CO[C@H](CC)Cn1ccc(N)nc1=O.CCCCCCCCCCCCCCCCOCCCOP(=O)(O)CO[C@H](CO)Cn1ccc(N)nc1=O.CC[C@@H](O)Cn1ccc(N)nc1=O.Nc1ccnc(=O)[nH]1. The molecule has 0 aromatic carbocycles. The van der Waals surface area contributed by atoms with Gasteiger partial charge >= 0.3 is 38.0 Å². The van der Waals surface area contributed by atoms with E-state index in [1.807, 2.05) is 13.8 Å². The van der Waals surface area contributed by atoms with Crippen LogP contribution < -0.4 is 45.7 Å². The minimum atomic E-state index is -3.99. The maximum atomic E-state index is 12.3. The van der Waals surface area contributed by atoms with E-state index in [0.717, 1.165) is 19.4 Å². The molecule has 0 saturated carbocycles. The fraction of sp³-hybridized carbons (Fsp3) is 0.761. The Morgan fingerprint density at radius 2 is 0.784 bits per heavy atom. The first kappa shape index (κ1) is 89.8. The Morgan fingerprint density at radius 1 is 0.454 bits per heavy atom. The van der Waals surface area contributed by atoms with Crippen molar-refractivity contribution in [1.29, 1.82) is 0 Å². The van der Waals surface area contributed by atoms with Crippen molar-refractivity contribution in [2.75, 3.05) is 81.9 Å². The molecule has 0 fully saturated rings. The molecule has 4 aromatic rings. The van der Waals surface area contributed by atoms with Gasteiger partial charge in [-0.15, -0.1) is 0 Å². The van der Waals surface area contributed by atoms with E-state index in [2.05, 4.69) is 38.8 Å². The third-order valence-electron chi connectivity index (χ3n) is 15.4. The summed E-state index contributed by atoms with van der Waals surface area (Å²) in [6, 6.07) is 6.01. The fourth-order valence-corrected chi connectivity index (χ4v) is 11.4. The van der Waals surface area contributed by atoms with Gasteiger partial charge in [-0.2, -0.15) is 15.0 Å². The summed E-state index contributed by atoms with van der Waals surface area (Å²) >= 11 is 0. The van der Waals surface area contributed by atoms with Crippen molar-refractivity contribution in [3.05, 3.63) is 91.0 Å². The summed E-state index contributed by atoms with van der Waals surface area (Å²) in [7, 11) is -7.87. The Morgan fingerprint density at radius 3 is 1.09 bits per heavy atom.